The molecule has 0 radical (unpaired) electrons. The maximum atomic E-state index is 14.0. The minimum atomic E-state index is -5.02. The second-order valence-corrected chi connectivity index (χ2v) is 11.9. The molecule has 13 heteroatoms. The number of carboxylic acids is 1. The third-order valence-corrected chi connectivity index (χ3v) is 8.99. The summed E-state index contributed by atoms with van der Waals surface area (Å²) < 4.78 is 95.0. The van der Waals surface area contributed by atoms with E-state index in [0.29, 0.717) is 55.7 Å². The third kappa shape index (κ3) is 7.65. The molecule has 6 nitrogen and oxygen atoms in total. The highest BCUT2D eigenvalue weighted by Gasteiger charge is 2.40. The Kier molecular flexibility index (Phi) is 9.87. The van der Waals surface area contributed by atoms with E-state index in [1.54, 1.807) is 13.0 Å². The summed E-state index contributed by atoms with van der Waals surface area (Å²) in [4.78, 5) is 30.1. The zero-order valence-electron chi connectivity index (χ0n) is 24.7. The number of nitrogens with zero attached hydrogens (tertiary/aromatic N) is 3. The minimum absolute atomic E-state index is 0.0543. The Bertz CT molecular complexity index is 1320. The zero-order valence-corrected chi connectivity index (χ0v) is 24.7. The number of aryl methyl sites for hydroxylation is 1. The number of alkyl halides is 6. The molecule has 0 aromatic heterocycles. The van der Waals surface area contributed by atoms with Crippen molar-refractivity contribution in [3.63, 3.8) is 0 Å². The molecule has 1 heterocycles. The van der Waals surface area contributed by atoms with Crippen molar-refractivity contribution < 1.29 is 45.4 Å². The topological polar surface area (TPSA) is 64.1 Å². The van der Waals surface area contributed by atoms with Gasteiger partial charge in [0, 0.05) is 33.2 Å². The SMILES string of the molecule is Cc1cc(F)ccc1[C@H]1CN(CC2CCC(C(=O)O)CC2)CCN1C(=O)N(C)[C@H](C)c1cc(C(F)(F)F)cc(C(F)(F)F)c1. The van der Waals surface area contributed by atoms with E-state index in [2.05, 4.69) is 4.90 Å². The van der Waals surface area contributed by atoms with E-state index in [1.165, 1.54) is 31.0 Å². The maximum Gasteiger partial charge on any atom is 0.416 e. The molecule has 2 aromatic rings. The van der Waals surface area contributed by atoms with E-state index >= 15 is 0 Å². The largest absolute Gasteiger partial charge is 0.481 e. The lowest BCUT2D eigenvalue weighted by Gasteiger charge is -2.45. The highest BCUT2D eigenvalue weighted by molar-refractivity contribution is 5.75. The van der Waals surface area contributed by atoms with Gasteiger partial charge in [0.2, 0.25) is 0 Å². The Labute approximate surface area is 251 Å². The quantitative estimate of drug-likeness (QED) is 0.335. The summed E-state index contributed by atoms with van der Waals surface area (Å²) in [5, 5.41) is 9.31. The normalized spacial score (nSPS) is 22.5. The number of halogens is 7. The number of carboxylic acid groups (broad SMARTS) is 1. The Hall–Kier alpha value is -3.35. The first-order valence-corrected chi connectivity index (χ1v) is 14.5. The van der Waals surface area contributed by atoms with Crippen LogP contribution in [-0.4, -0.2) is 65.0 Å². The fourth-order valence-electron chi connectivity index (χ4n) is 6.28. The number of amides is 2. The standard InChI is InChI=1S/C31H36F7N3O3/c1-18-12-25(32)8-9-26(18)27-17-40(16-20-4-6-21(7-5-20)28(42)43)10-11-41(27)29(44)39(3)19(2)22-13-23(30(33,34)35)15-24(14-22)31(36,37)38/h8-9,12-15,19-21,27H,4-7,10-11,16-17H2,1-3H3,(H,42,43)/t19-,20?,21?,27-/m1/s1. The predicted octanol–water partition coefficient (Wildman–Crippen LogP) is 7.53. The molecular weight excluding hydrogens is 595 g/mol. The van der Waals surface area contributed by atoms with Gasteiger partial charge < -0.3 is 14.9 Å². The number of carbonyl (C=O) groups is 2. The van der Waals surface area contributed by atoms with E-state index in [9.17, 15) is 45.4 Å². The number of hydrogen-bond donors (Lipinski definition) is 1. The van der Waals surface area contributed by atoms with Crippen LogP contribution in [-0.2, 0) is 17.1 Å². The molecule has 1 aliphatic heterocycles. The number of aliphatic carboxylic acids is 1. The van der Waals surface area contributed by atoms with Crippen molar-refractivity contribution in [2.24, 2.45) is 11.8 Å². The van der Waals surface area contributed by atoms with Gasteiger partial charge in [-0.3, -0.25) is 9.69 Å². The summed E-state index contributed by atoms with van der Waals surface area (Å²) in [5.41, 5.74) is -1.95. The lowest BCUT2D eigenvalue weighted by Crippen LogP contribution is -2.54. The van der Waals surface area contributed by atoms with E-state index in [4.69, 9.17) is 0 Å². The Balaban J connectivity index is 1.58. The summed E-state index contributed by atoms with van der Waals surface area (Å²) in [6.45, 7) is 4.82. The van der Waals surface area contributed by atoms with E-state index in [-0.39, 0.29) is 30.0 Å². The average Bonchev–Trinajstić information content (AvgIpc) is 2.95. The average molecular weight is 632 g/mol. The molecule has 2 fully saturated rings. The van der Waals surface area contributed by atoms with E-state index in [0.717, 1.165) is 17.7 Å². The van der Waals surface area contributed by atoms with Crippen molar-refractivity contribution in [3.05, 3.63) is 70.0 Å². The lowest BCUT2D eigenvalue weighted by molar-refractivity contribution is -0.144. The van der Waals surface area contributed by atoms with Crippen molar-refractivity contribution >= 4 is 12.0 Å². The molecule has 4 rings (SSSR count). The van der Waals surface area contributed by atoms with Gasteiger partial charge in [-0.2, -0.15) is 26.3 Å². The number of carbonyl (C=O) groups excluding carboxylic acids is 1. The van der Waals surface area contributed by atoms with Gasteiger partial charge in [-0.05, 0) is 92.5 Å². The molecule has 2 atom stereocenters. The van der Waals surface area contributed by atoms with Crippen molar-refractivity contribution in [2.45, 2.75) is 64.0 Å². The lowest BCUT2D eigenvalue weighted by atomic mass is 9.81. The Morgan fingerprint density at radius 3 is 2.07 bits per heavy atom. The number of hydrogen-bond acceptors (Lipinski definition) is 3. The number of rotatable bonds is 6. The summed E-state index contributed by atoms with van der Waals surface area (Å²) in [6, 6.07) is 3.24. The van der Waals surface area contributed by atoms with Crippen LogP contribution in [0.1, 0.15) is 72.5 Å². The maximum absolute atomic E-state index is 14.0. The molecule has 242 valence electrons. The van der Waals surface area contributed by atoms with E-state index < -0.39 is 53.4 Å². The molecule has 1 saturated heterocycles. The summed E-state index contributed by atoms with van der Waals surface area (Å²) >= 11 is 0. The smallest absolute Gasteiger partial charge is 0.416 e. The van der Waals surface area contributed by atoms with Crippen LogP contribution in [0.25, 0.3) is 0 Å². The van der Waals surface area contributed by atoms with Crippen LogP contribution < -0.4 is 0 Å². The van der Waals surface area contributed by atoms with Gasteiger partial charge in [-0.25, -0.2) is 9.18 Å². The first kappa shape index (κ1) is 33.5. The Morgan fingerprint density at radius 1 is 0.955 bits per heavy atom. The van der Waals surface area contributed by atoms with Gasteiger partial charge in [0.05, 0.1) is 29.1 Å². The molecule has 0 bridgehead atoms. The molecule has 2 aromatic carbocycles. The summed E-state index contributed by atoms with van der Waals surface area (Å²) in [6.07, 6.45) is -7.35. The summed E-state index contributed by atoms with van der Waals surface area (Å²) in [5.74, 6) is -1.32. The van der Waals surface area contributed by atoms with Crippen LogP contribution in [0, 0.1) is 24.6 Å². The van der Waals surface area contributed by atoms with Crippen LogP contribution >= 0.6 is 0 Å². The molecule has 0 unspecified atom stereocenters. The molecule has 2 aliphatic rings. The second kappa shape index (κ2) is 12.9. The van der Waals surface area contributed by atoms with Gasteiger partial charge in [-0.1, -0.05) is 6.07 Å². The number of urea groups is 1. The van der Waals surface area contributed by atoms with Crippen molar-refractivity contribution in [1.29, 1.82) is 0 Å². The first-order valence-electron chi connectivity index (χ1n) is 14.5. The first-order chi connectivity index (χ1) is 20.5. The van der Waals surface area contributed by atoms with Crippen molar-refractivity contribution in [1.82, 2.24) is 14.7 Å². The fraction of sp³-hybridized carbons (Fsp3) is 0.548. The molecule has 1 aliphatic carbocycles. The molecule has 1 saturated carbocycles. The van der Waals surface area contributed by atoms with Crippen LogP contribution in [0.3, 0.4) is 0 Å². The Morgan fingerprint density at radius 2 is 1.55 bits per heavy atom. The van der Waals surface area contributed by atoms with Crippen LogP contribution in [0.2, 0.25) is 0 Å². The molecule has 1 N–H and O–H groups in total. The van der Waals surface area contributed by atoms with Crippen molar-refractivity contribution in [3.8, 4) is 0 Å². The van der Waals surface area contributed by atoms with E-state index in [1.807, 2.05) is 0 Å². The zero-order chi connectivity index (χ0) is 32.6. The van der Waals surface area contributed by atoms with Gasteiger partial charge in [-0.15, -0.1) is 0 Å². The van der Waals surface area contributed by atoms with Gasteiger partial charge in [0.1, 0.15) is 5.82 Å². The van der Waals surface area contributed by atoms with Crippen LogP contribution in [0.15, 0.2) is 36.4 Å². The highest BCUT2D eigenvalue weighted by Crippen LogP contribution is 2.39. The minimum Gasteiger partial charge on any atom is -0.481 e. The van der Waals surface area contributed by atoms with Gasteiger partial charge in [0.25, 0.3) is 0 Å². The van der Waals surface area contributed by atoms with Crippen LogP contribution in [0.5, 0.6) is 0 Å². The number of benzene rings is 2. The molecule has 0 spiro atoms. The number of piperazine rings is 1. The van der Waals surface area contributed by atoms with Crippen molar-refractivity contribution in [2.75, 3.05) is 33.2 Å². The van der Waals surface area contributed by atoms with Gasteiger partial charge in [0.15, 0.2) is 0 Å². The third-order valence-electron chi connectivity index (χ3n) is 8.99. The fourth-order valence-corrected chi connectivity index (χ4v) is 6.28. The molecular formula is C31H36F7N3O3. The monoisotopic (exact) mass is 631 g/mol. The predicted molar refractivity (Wildman–Crippen MR) is 148 cm³/mol. The molecule has 2 amide bonds. The second-order valence-electron chi connectivity index (χ2n) is 11.9. The molecule has 44 heavy (non-hydrogen) atoms. The summed E-state index contributed by atoms with van der Waals surface area (Å²) in [7, 11) is 1.34. The highest BCUT2D eigenvalue weighted by atomic mass is 19.4. The van der Waals surface area contributed by atoms with Gasteiger partial charge >= 0.3 is 24.4 Å². The van der Waals surface area contributed by atoms with Crippen LogP contribution in [0.4, 0.5) is 35.5 Å².